The third kappa shape index (κ3) is 3.44. The first kappa shape index (κ1) is 16.0. The molecule has 6 heteroatoms. The second kappa shape index (κ2) is 6.60. The van der Waals surface area contributed by atoms with Crippen LogP contribution in [0.1, 0.15) is 18.9 Å². The van der Waals surface area contributed by atoms with E-state index in [2.05, 4.69) is 6.92 Å². The van der Waals surface area contributed by atoms with Crippen LogP contribution in [0, 0.1) is 5.92 Å². The summed E-state index contributed by atoms with van der Waals surface area (Å²) in [6.07, 6.45) is 1.05. The Morgan fingerprint density at radius 1 is 1.32 bits per heavy atom. The molecule has 1 N–H and O–H groups in total. The number of carboxylic acids is 1. The fraction of sp³-hybridized carbons (Fsp3) is 0.438. The molecule has 118 valence electrons. The van der Waals surface area contributed by atoms with Gasteiger partial charge in [-0.25, -0.2) is 0 Å². The van der Waals surface area contributed by atoms with Crippen molar-refractivity contribution in [2.45, 2.75) is 19.8 Å². The van der Waals surface area contributed by atoms with Crippen LogP contribution in [-0.2, 0) is 20.8 Å². The Labute approximate surface area is 129 Å². The average molecular weight is 304 g/mol. The third-order valence-electron chi connectivity index (χ3n) is 3.88. The van der Waals surface area contributed by atoms with E-state index in [1.165, 1.54) is 12.6 Å². The molecule has 2 rings (SSSR count). The number of likely N-dealkylation sites (N-methyl/N-ethyl adjacent to an activating group) is 1. The molecule has 0 aromatic heterocycles. The minimum atomic E-state index is -1.06. The smallest absolute Gasteiger partial charge is 0.323 e. The van der Waals surface area contributed by atoms with Crippen molar-refractivity contribution in [3.05, 3.63) is 29.8 Å². The van der Waals surface area contributed by atoms with E-state index in [-0.39, 0.29) is 24.8 Å². The van der Waals surface area contributed by atoms with Crippen molar-refractivity contribution in [3.63, 3.8) is 0 Å². The summed E-state index contributed by atoms with van der Waals surface area (Å²) in [4.78, 5) is 37.7. The van der Waals surface area contributed by atoms with Gasteiger partial charge in [0.1, 0.15) is 6.54 Å². The van der Waals surface area contributed by atoms with Gasteiger partial charge in [-0.1, -0.05) is 19.1 Å². The first-order valence-corrected chi connectivity index (χ1v) is 7.28. The summed E-state index contributed by atoms with van der Waals surface area (Å²) < 4.78 is 0. The van der Waals surface area contributed by atoms with Gasteiger partial charge in [0.05, 0.1) is 5.92 Å². The highest BCUT2D eigenvalue weighted by Gasteiger charge is 2.36. The Balaban J connectivity index is 2.06. The maximum absolute atomic E-state index is 12.2. The molecule has 1 aromatic carbocycles. The Hall–Kier alpha value is -2.37. The molecule has 1 aliphatic rings. The lowest BCUT2D eigenvalue weighted by atomic mass is 10.1. The van der Waals surface area contributed by atoms with Crippen LogP contribution >= 0.6 is 0 Å². The molecule has 0 bridgehead atoms. The molecule has 1 aromatic rings. The molecule has 2 amide bonds. The first-order valence-electron chi connectivity index (χ1n) is 7.28. The van der Waals surface area contributed by atoms with Crippen molar-refractivity contribution in [1.29, 1.82) is 0 Å². The molecule has 1 fully saturated rings. The molecule has 0 radical (unpaired) electrons. The second-order valence-electron chi connectivity index (χ2n) is 5.51. The molecule has 0 saturated carbocycles. The van der Waals surface area contributed by atoms with E-state index >= 15 is 0 Å². The lowest BCUT2D eigenvalue weighted by Crippen LogP contribution is -2.37. The minimum Gasteiger partial charge on any atom is -0.480 e. The molecule has 1 saturated heterocycles. The summed E-state index contributed by atoms with van der Waals surface area (Å²) in [5.41, 5.74) is 1.96. The van der Waals surface area contributed by atoms with Gasteiger partial charge in [0, 0.05) is 25.7 Å². The highest BCUT2D eigenvalue weighted by molar-refractivity contribution is 6.00. The van der Waals surface area contributed by atoms with E-state index in [9.17, 15) is 14.4 Å². The van der Waals surface area contributed by atoms with E-state index in [4.69, 9.17) is 5.11 Å². The number of amides is 2. The van der Waals surface area contributed by atoms with Gasteiger partial charge in [0.25, 0.3) is 0 Å². The predicted octanol–water partition coefficient (Wildman–Crippen LogP) is 1.14. The summed E-state index contributed by atoms with van der Waals surface area (Å²) in [6, 6.07) is 7.69. The van der Waals surface area contributed by atoms with Crippen LogP contribution in [0.5, 0.6) is 0 Å². The Morgan fingerprint density at radius 2 is 1.95 bits per heavy atom. The third-order valence-corrected chi connectivity index (χ3v) is 3.88. The van der Waals surface area contributed by atoms with Gasteiger partial charge in [0.15, 0.2) is 0 Å². The number of carboxylic acid groups (broad SMARTS) is 1. The van der Waals surface area contributed by atoms with Gasteiger partial charge >= 0.3 is 5.97 Å². The number of aliphatic carboxylic acids is 1. The molecule has 6 nitrogen and oxygen atoms in total. The Kier molecular flexibility index (Phi) is 4.80. The Morgan fingerprint density at radius 3 is 2.50 bits per heavy atom. The van der Waals surface area contributed by atoms with Gasteiger partial charge in [-0.05, 0) is 24.1 Å². The van der Waals surface area contributed by atoms with Crippen LogP contribution in [0.3, 0.4) is 0 Å². The Bertz CT molecular complexity index is 582. The van der Waals surface area contributed by atoms with E-state index in [0.717, 1.165) is 17.0 Å². The van der Waals surface area contributed by atoms with Crippen LogP contribution in [0.4, 0.5) is 5.69 Å². The molecular weight excluding hydrogens is 284 g/mol. The maximum Gasteiger partial charge on any atom is 0.323 e. The first-order chi connectivity index (χ1) is 10.4. The van der Waals surface area contributed by atoms with Gasteiger partial charge in [0.2, 0.25) is 11.8 Å². The largest absolute Gasteiger partial charge is 0.480 e. The molecule has 0 spiro atoms. The lowest BCUT2D eigenvalue weighted by molar-refractivity contribution is -0.145. The summed E-state index contributed by atoms with van der Waals surface area (Å²) in [6.45, 7) is 2.00. The number of hydrogen-bond acceptors (Lipinski definition) is 3. The van der Waals surface area contributed by atoms with E-state index in [1.807, 2.05) is 24.3 Å². The fourth-order valence-electron chi connectivity index (χ4n) is 2.63. The van der Waals surface area contributed by atoms with Gasteiger partial charge in [-0.15, -0.1) is 0 Å². The topological polar surface area (TPSA) is 77.9 Å². The molecular formula is C16H20N2O4. The van der Waals surface area contributed by atoms with Crippen molar-refractivity contribution < 1.29 is 19.5 Å². The van der Waals surface area contributed by atoms with Gasteiger partial charge in [-0.2, -0.15) is 0 Å². The number of rotatable bonds is 5. The number of aryl methyl sites for hydroxylation is 1. The standard InChI is InChI=1S/C16H20N2O4/c1-3-11-4-6-13(7-5-11)18-9-12(8-14(18)19)16(22)17(2)10-15(20)21/h4-7,12H,3,8-10H2,1-2H3,(H,20,21). The summed E-state index contributed by atoms with van der Waals surface area (Å²) in [5, 5.41) is 8.74. The zero-order valence-electron chi connectivity index (χ0n) is 12.8. The lowest BCUT2D eigenvalue weighted by Gasteiger charge is -2.20. The van der Waals surface area contributed by atoms with E-state index < -0.39 is 11.9 Å². The highest BCUT2D eigenvalue weighted by atomic mass is 16.4. The number of anilines is 1. The minimum absolute atomic E-state index is 0.105. The van der Waals surface area contributed by atoms with Crippen LogP contribution in [0.15, 0.2) is 24.3 Å². The van der Waals surface area contributed by atoms with Crippen molar-refractivity contribution in [2.24, 2.45) is 5.92 Å². The van der Waals surface area contributed by atoms with Crippen LogP contribution in [-0.4, -0.2) is 47.9 Å². The molecule has 1 aliphatic heterocycles. The molecule has 0 aliphatic carbocycles. The fourth-order valence-corrected chi connectivity index (χ4v) is 2.63. The average Bonchev–Trinajstić information content (AvgIpc) is 2.87. The predicted molar refractivity (Wildman–Crippen MR) is 81.6 cm³/mol. The van der Waals surface area contributed by atoms with Crippen LogP contribution < -0.4 is 4.90 Å². The number of carbonyl (C=O) groups is 3. The highest BCUT2D eigenvalue weighted by Crippen LogP contribution is 2.26. The monoisotopic (exact) mass is 304 g/mol. The number of carbonyl (C=O) groups excluding carboxylic acids is 2. The number of benzene rings is 1. The summed E-state index contributed by atoms with van der Waals surface area (Å²) >= 11 is 0. The van der Waals surface area contributed by atoms with Crippen molar-refractivity contribution in [3.8, 4) is 0 Å². The molecule has 1 heterocycles. The molecule has 1 atom stereocenters. The van der Waals surface area contributed by atoms with Crippen LogP contribution in [0.2, 0.25) is 0 Å². The van der Waals surface area contributed by atoms with Crippen molar-refractivity contribution >= 4 is 23.5 Å². The zero-order valence-corrected chi connectivity index (χ0v) is 12.8. The second-order valence-corrected chi connectivity index (χ2v) is 5.51. The maximum atomic E-state index is 12.2. The van der Waals surface area contributed by atoms with Crippen molar-refractivity contribution in [1.82, 2.24) is 4.90 Å². The summed E-state index contributed by atoms with van der Waals surface area (Å²) in [5.74, 6) is -1.95. The normalized spacial score (nSPS) is 17.6. The number of hydrogen-bond donors (Lipinski definition) is 1. The van der Waals surface area contributed by atoms with Gasteiger partial charge in [-0.3, -0.25) is 14.4 Å². The van der Waals surface area contributed by atoms with Crippen LogP contribution in [0.25, 0.3) is 0 Å². The SMILES string of the molecule is CCc1ccc(N2CC(C(=O)N(C)CC(=O)O)CC2=O)cc1. The van der Waals surface area contributed by atoms with Crippen molar-refractivity contribution in [2.75, 3.05) is 25.0 Å². The van der Waals surface area contributed by atoms with Gasteiger partial charge < -0.3 is 14.9 Å². The van der Waals surface area contributed by atoms with E-state index in [0.29, 0.717) is 6.54 Å². The summed E-state index contributed by atoms with van der Waals surface area (Å²) in [7, 11) is 1.44. The molecule has 1 unspecified atom stereocenters. The number of nitrogens with zero attached hydrogens (tertiary/aromatic N) is 2. The quantitative estimate of drug-likeness (QED) is 0.885. The van der Waals surface area contributed by atoms with E-state index in [1.54, 1.807) is 4.90 Å². The molecule has 22 heavy (non-hydrogen) atoms. The zero-order chi connectivity index (χ0) is 16.3.